The number of carbonyl (C=O) groups is 1. The number of carbonyl (C=O) groups excluding carboxylic acids is 1. The number of amides is 1. The van der Waals surface area contributed by atoms with E-state index in [-0.39, 0.29) is 12.7 Å². The Morgan fingerprint density at radius 2 is 2.00 bits per heavy atom. The number of halogens is 1. The number of fused-ring (bicyclic) bond motifs is 1. The van der Waals surface area contributed by atoms with E-state index in [2.05, 4.69) is 26.6 Å². The lowest BCUT2D eigenvalue weighted by atomic mass is 10.2. The molecule has 6 heteroatoms. The fourth-order valence-corrected chi connectivity index (χ4v) is 2.91. The van der Waals surface area contributed by atoms with Gasteiger partial charge in [0.25, 0.3) is 0 Å². The second kappa shape index (κ2) is 6.91. The Morgan fingerprint density at radius 3 is 2.83 bits per heavy atom. The highest BCUT2D eigenvalue weighted by atomic mass is 79.9. The maximum absolute atomic E-state index is 12.0. The van der Waals surface area contributed by atoms with Gasteiger partial charge in [-0.3, -0.25) is 4.79 Å². The van der Waals surface area contributed by atoms with Crippen molar-refractivity contribution in [2.75, 3.05) is 24.0 Å². The van der Waals surface area contributed by atoms with Crippen LogP contribution in [0, 0.1) is 6.92 Å². The second-order valence-corrected chi connectivity index (χ2v) is 6.13. The lowest BCUT2D eigenvalue weighted by Gasteiger charge is -2.10. The van der Waals surface area contributed by atoms with Crippen LogP contribution in [0.2, 0.25) is 0 Å². The fourth-order valence-electron chi connectivity index (χ4n) is 2.27. The molecule has 0 aliphatic carbocycles. The minimum Gasteiger partial charge on any atom is -0.454 e. The Labute approximate surface area is 143 Å². The molecule has 0 radical (unpaired) electrons. The molecule has 2 N–H and O–H groups in total. The molecule has 0 unspecified atom stereocenters. The Hall–Kier alpha value is -2.21. The summed E-state index contributed by atoms with van der Waals surface area (Å²) in [5.41, 5.74) is 2.87. The Morgan fingerprint density at radius 1 is 1.17 bits per heavy atom. The fraction of sp³-hybridized carbons (Fsp3) is 0.235. The molecule has 1 amide bonds. The molecule has 2 aromatic carbocycles. The normalized spacial score (nSPS) is 12.1. The van der Waals surface area contributed by atoms with Gasteiger partial charge in [0.2, 0.25) is 12.7 Å². The number of ether oxygens (including phenoxy) is 2. The van der Waals surface area contributed by atoms with Crippen molar-refractivity contribution < 1.29 is 14.3 Å². The maximum Gasteiger partial charge on any atom is 0.231 e. The zero-order valence-corrected chi connectivity index (χ0v) is 14.3. The van der Waals surface area contributed by atoms with Gasteiger partial charge < -0.3 is 20.1 Å². The first-order chi connectivity index (χ1) is 11.1. The molecular formula is C17H17BrN2O3. The van der Waals surface area contributed by atoms with Crippen LogP contribution >= 0.6 is 15.9 Å². The van der Waals surface area contributed by atoms with Crippen LogP contribution in [0.3, 0.4) is 0 Å². The van der Waals surface area contributed by atoms with Gasteiger partial charge in [0.1, 0.15) is 0 Å². The van der Waals surface area contributed by atoms with Gasteiger partial charge in [-0.2, -0.15) is 0 Å². The summed E-state index contributed by atoms with van der Waals surface area (Å²) < 4.78 is 11.5. The van der Waals surface area contributed by atoms with E-state index >= 15 is 0 Å². The third-order valence-electron chi connectivity index (χ3n) is 3.45. The quantitative estimate of drug-likeness (QED) is 0.829. The third kappa shape index (κ3) is 3.96. The molecule has 120 valence electrons. The molecule has 0 bridgehead atoms. The second-order valence-electron chi connectivity index (χ2n) is 5.28. The van der Waals surface area contributed by atoms with Gasteiger partial charge in [0.05, 0.1) is 0 Å². The number of rotatable bonds is 5. The van der Waals surface area contributed by atoms with Crippen molar-refractivity contribution in [2.45, 2.75) is 13.3 Å². The van der Waals surface area contributed by atoms with Crippen LogP contribution in [0.4, 0.5) is 11.4 Å². The molecule has 1 aliphatic rings. The average molecular weight is 377 g/mol. The van der Waals surface area contributed by atoms with Crippen molar-refractivity contribution in [3.05, 3.63) is 46.4 Å². The molecule has 0 aromatic heterocycles. The highest BCUT2D eigenvalue weighted by Crippen LogP contribution is 2.34. The highest BCUT2D eigenvalue weighted by Gasteiger charge is 2.14. The molecule has 1 aliphatic heterocycles. The summed E-state index contributed by atoms with van der Waals surface area (Å²) in [6.07, 6.45) is 0.370. The molecule has 0 saturated carbocycles. The summed E-state index contributed by atoms with van der Waals surface area (Å²) in [5, 5.41) is 6.10. The molecule has 0 atom stereocenters. The van der Waals surface area contributed by atoms with E-state index in [0.29, 0.717) is 30.2 Å². The third-order valence-corrected chi connectivity index (χ3v) is 4.10. The monoisotopic (exact) mass is 376 g/mol. The number of aryl methyl sites for hydroxylation is 1. The van der Waals surface area contributed by atoms with Crippen molar-refractivity contribution in [2.24, 2.45) is 0 Å². The van der Waals surface area contributed by atoms with Crippen LogP contribution < -0.4 is 20.1 Å². The molecule has 3 rings (SSSR count). The van der Waals surface area contributed by atoms with E-state index in [9.17, 15) is 4.79 Å². The van der Waals surface area contributed by atoms with Crippen LogP contribution in [0.25, 0.3) is 0 Å². The summed E-state index contributed by atoms with van der Waals surface area (Å²) in [4.78, 5) is 12.0. The maximum atomic E-state index is 12.0. The predicted molar refractivity (Wildman–Crippen MR) is 93.2 cm³/mol. The molecule has 0 saturated heterocycles. The number of nitrogens with one attached hydrogen (secondary N) is 2. The largest absolute Gasteiger partial charge is 0.454 e. The van der Waals surface area contributed by atoms with Crippen LogP contribution in [-0.4, -0.2) is 19.2 Å². The van der Waals surface area contributed by atoms with Gasteiger partial charge in [0.15, 0.2) is 11.5 Å². The Balaban J connectivity index is 1.50. The van der Waals surface area contributed by atoms with E-state index in [1.807, 2.05) is 25.1 Å². The summed E-state index contributed by atoms with van der Waals surface area (Å²) in [6.45, 7) is 2.81. The van der Waals surface area contributed by atoms with E-state index in [0.717, 1.165) is 10.2 Å². The van der Waals surface area contributed by atoms with E-state index < -0.39 is 0 Å². The number of anilines is 2. The molecule has 0 fully saturated rings. The minimum atomic E-state index is -0.0559. The molecule has 5 nitrogen and oxygen atoms in total. The first kappa shape index (κ1) is 15.7. The standard InChI is InChI=1S/C17H17BrN2O3/c1-11-2-4-14(13(18)8-11)19-7-6-17(21)20-12-3-5-15-16(9-12)23-10-22-15/h2-5,8-9,19H,6-7,10H2,1H3,(H,20,21). The van der Waals surface area contributed by atoms with Gasteiger partial charge in [0, 0.05) is 34.9 Å². The Kier molecular flexibility index (Phi) is 4.71. The SMILES string of the molecule is Cc1ccc(NCCC(=O)Nc2ccc3c(c2)OCO3)c(Br)c1. The molecule has 23 heavy (non-hydrogen) atoms. The van der Waals surface area contributed by atoms with Crippen molar-refractivity contribution in [3.8, 4) is 11.5 Å². The Bertz CT molecular complexity index is 734. The van der Waals surface area contributed by atoms with E-state index in [1.165, 1.54) is 5.56 Å². The van der Waals surface area contributed by atoms with Crippen LogP contribution in [-0.2, 0) is 4.79 Å². The van der Waals surface area contributed by atoms with Crippen LogP contribution in [0.15, 0.2) is 40.9 Å². The summed E-state index contributed by atoms with van der Waals surface area (Å²) >= 11 is 3.51. The van der Waals surface area contributed by atoms with Gasteiger partial charge in [-0.1, -0.05) is 6.07 Å². The zero-order valence-electron chi connectivity index (χ0n) is 12.7. The molecule has 2 aromatic rings. The lowest BCUT2D eigenvalue weighted by Crippen LogP contribution is -2.16. The zero-order chi connectivity index (χ0) is 16.2. The van der Waals surface area contributed by atoms with Crippen LogP contribution in [0.5, 0.6) is 11.5 Å². The molecule has 0 spiro atoms. The topological polar surface area (TPSA) is 59.6 Å². The van der Waals surface area contributed by atoms with Crippen molar-refractivity contribution in [1.82, 2.24) is 0 Å². The van der Waals surface area contributed by atoms with Gasteiger partial charge >= 0.3 is 0 Å². The van der Waals surface area contributed by atoms with Crippen molar-refractivity contribution in [1.29, 1.82) is 0 Å². The predicted octanol–water partition coefficient (Wildman–Crippen LogP) is 3.93. The van der Waals surface area contributed by atoms with E-state index in [4.69, 9.17) is 9.47 Å². The molecule has 1 heterocycles. The van der Waals surface area contributed by atoms with E-state index in [1.54, 1.807) is 18.2 Å². The number of hydrogen-bond acceptors (Lipinski definition) is 4. The summed E-state index contributed by atoms with van der Waals surface area (Å²) in [7, 11) is 0. The highest BCUT2D eigenvalue weighted by molar-refractivity contribution is 9.10. The minimum absolute atomic E-state index is 0.0559. The van der Waals surface area contributed by atoms with Crippen molar-refractivity contribution >= 4 is 33.2 Å². The molecular weight excluding hydrogens is 360 g/mol. The first-order valence-corrected chi connectivity index (χ1v) is 8.10. The van der Waals surface area contributed by atoms with Gasteiger partial charge in [-0.05, 0) is 52.7 Å². The number of hydrogen-bond donors (Lipinski definition) is 2. The van der Waals surface area contributed by atoms with Crippen LogP contribution in [0.1, 0.15) is 12.0 Å². The average Bonchev–Trinajstić information content (AvgIpc) is 2.97. The van der Waals surface area contributed by atoms with Gasteiger partial charge in [-0.25, -0.2) is 0 Å². The summed E-state index contributed by atoms with van der Waals surface area (Å²) in [6, 6.07) is 11.4. The lowest BCUT2D eigenvalue weighted by molar-refractivity contribution is -0.115. The van der Waals surface area contributed by atoms with Crippen molar-refractivity contribution in [3.63, 3.8) is 0 Å². The summed E-state index contributed by atoms with van der Waals surface area (Å²) in [5.74, 6) is 1.30. The number of benzene rings is 2. The first-order valence-electron chi connectivity index (χ1n) is 7.31. The van der Waals surface area contributed by atoms with Gasteiger partial charge in [-0.15, -0.1) is 0 Å². The smallest absolute Gasteiger partial charge is 0.231 e.